The summed E-state index contributed by atoms with van der Waals surface area (Å²) in [6, 6.07) is 15.2. The van der Waals surface area contributed by atoms with Crippen molar-refractivity contribution in [1.29, 1.82) is 0 Å². The predicted molar refractivity (Wildman–Crippen MR) is 157 cm³/mol. The first-order chi connectivity index (χ1) is 19.8. The van der Waals surface area contributed by atoms with Gasteiger partial charge in [-0.15, -0.1) is 0 Å². The Morgan fingerprint density at radius 1 is 0.976 bits per heavy atom. The van der Waals surface area contributed by atoms with E-state index in [1.54, 1.807) is 48.5 Å². The van der Waals surface area contributed by atoms with E-state index < -0.39 is 12.2 Å². The van der Waals surface area contributed by atoms with Crippen LogP contribution in [0.3, 0.4) is 0 Å². The second-order valence-electron chi connectivity index (χ2n) is 8.56. The standard InChI is InChI=1S/C29H26Cl3N3O6/c1-38-28-19(29(39-2)40-3)12-20(30)23(35-28)15-41-24-9-5-7-18(26(24)32)17-6-4-8-21(25(17)31)34-27(37)22-11-10-16(14-36)13-33-22/h4-13,29,36H,14-15H2,1-3H3,(H,34,37). The summed E-state index contributed by atoms with van der Waals surface area (Å²) in [6.45, 7) is -0.172. The number of amides is 1. The average Bonchev–Trinajstić information content (AvgIpc) is 2.99. The van der Waals surface area contributed by atoms with Gasteiger partial charge in [0.05, 0.1) is 40.0 Å². The second kappa shape index (κ2) is 14.0. The Balaban J connectivity index is 1.56. The minimum Gasteiger partial charge on any atom is -0.486 e. The minimum absolute atomic E-state index is 0.00478. The molecule has 0 atom stereocenters. The largest absolute Gasteiger partial charge is 0.486 e. The number of pyridine rings is 2. The monoisotopic (exact) mass is 617 g/mol. The van der Waals surface area contributed by atoms with Gasteiger partial charge in [0, 0.05) is 31.5 Å². The quantitative estimate of drug-likeness (QED) is 0.178. The van der Waals surface area contributed by atoms with E-state index in [4.69, 9.17) is 53.8 Å². The van der Waals surface area contributed by atoms with Crippen molar-refractivity contribution in [2.24, 2.45) is 0 Å². The number of carbonyl (C=O) groups is 1. The van der Waals surface area contributed by atoms with Crippen molar-refractivity contribution in [3.05, 3.63) is 98.4 Å². The Morgan fingerprint density at radius 2 is 1.68 bits per heavy atom. The van der Waals surface area contributed by atoms with Gasteiger partial charge < -0.3 is 29.4 Å². The first kappa shape index (κ1) is 30.5. The molecule has 0 spiro atoms. The lowest BCUT2D eigenvalue weighted by Gasteiger charge is -2.18. The highest BCUT2D eigenvalue weighted by atomic mass is 35.5. The van der Waals surface area contributed by atoms with Crippen molar-refractivity contribution < 1.29 is 28.8 Å². The summed E-state index contributed by atoms with van der Waals surface area (Å²) < 4.78 is 22.0. The number of aromatic nitrogens is 2. The number of halogens is 3. The molecule has 2 N–H and O–H groups in total. The lowest BCUT2D eigenvalue weighted by Crippen LogP contribution is -2.14. The SMILES string of the molecule is COc1nc(COc2cccc(-c3cccc(NC(=O)c4ccc(CO)cn4)c3Cl)c2Cl)c(Cl)cc1C(OC)OC. The van der Waals surface area contributed by atoms with Crippen LogP contribution in [0.2, 0.25) is 15.1 Å². The van der Waals surface area contributed by atoms with Crippen LogP contribution in [0.1, 0.15) is 33.6 Å². The molecule has 0 saturated heterocycles. The van der Waals surface area contributed by atoms with Gasteiger partial charge >= 0.3 is 0 Å². The lowest BCUT2D eigenvalue weighted by molar-refractivity contribution is -0.107. The highest BCUT2D eigenvalue weighted by Gasteiger charge is 2.21. The molecule has 0 aliphatic rings. The maximum Gasteiger partial charge on any atom is 0.274 e. The summed E-state index contributed by atoms with van der Waals surface area (Å²) in [6.07, 6.45) is 0.728. The summed E-state index contributed by atoms with van der Waals surface area (Å²) >= 11 is 19.9. The van der Waals surface area contributed by atoms with Crippen molar-refractivity contribution >= 4 is 46.4 Å². The van der Waals surface area contributed by atoms with Crippen LogP contribution in [0.4, 0.5) is 5.69 Å². The summed E-state index contributed by atoms with van der Waals surface area (Å²) in [5.41, 5.74) is 3.26. The summed E-state index contributed by atoms with van der Waals surface area (Å²) in [5.74, 6) is 0.201. The van der Waals surface area contributed by atoms with Crippen LogP contribution >= 0.6 is 34.8 Å². The molecule has 2 heterocycles. The Labute approximate surface area is 251 Å². The van der Waals surface area contributed by atoms with E-state index >= 15 is 0 Å². The van der Waals surface area contributed by atoms with Crippen LogP contribution in [-0.4, -0.2) is 42.3 Å². The molecule has 4 rings (SSSR count). The molecule has 2 aromatic carbocycles. The van der Waals surface area contributed by atoms with Gasteiger partial charge in [-0.3, -0.25) is 9.78 Å². The third-order valence-electron chi connectivity index (χ3n) is 6.02. The molecule has 2 aromatic heterocycles. The summed E-state index contributed by atoms with van der Waals surface area (Å²) in [7, 11) is 4.48. The smallest absolute Gasteiger partial charge is 0.274 e. The molecule has 12 heteroatoms. The van der Waals surface area contributed by atoms with Gasteiger partial charge in [-0.25, -0.2) is 4.98 Å². The average molecular weight is 619 g/mol. The maximum absolute atomic E-state index is 12.7. The number of ether oxygens (including phenoxy) is 4. The van der Waals surface area contributed by atoms with Crippen molar-refractivity contribution in [3.8, 4) is 22.8 Å². The first-order valence-electron chi connectivity index (χ1n) is 12.2. The Morgan fingerprint density at radius 3 is 2.32 bits per heavy atom. The van der Waals surface area contributed by atoms with Crippen LogP contribution in [0.25, 0.3) is 11.1 Å². The Hall–Kier alpha value is -3.44. The van der Waals surface area contributed by atoms with Crippen molar-refractivity contribution in [1.82, 2.24) is 9.97 Å². The number of nitrogens with one attached hydrogen (secondary N) is 1. The van der Waals surface area contributed by atoms with Crippen molar-refractivity contribution in [2.75, 3.05) is 26.6 Å². The zero-order valence-electron chi connectivity index (χ0n) is 22.3. The topological polar surface area (TPSA) is 112 Å². The third-order valence-corrected chi connectivity index (χ3v) is 7.15. The van der Waals surface area contributed by atoms with Gasteiger partial charge in [0.15, 0.2) is 6.29 Å². The normalized spacial score (nSPS) is 11.0. The van der Waals surface area contributed by atoms with Crippen LogP contribution in [0.5, 0.6) is 11.6 Å². The molecule has 0 saturated carbocycles. The number of benzene rings is 2. The first-order valence-corrected chi connectivity index (χ1v) is 13.3. The molecule has 0 unspecified atom stereocenters. The van der Waals surface area contributed by atoms with Crippen LogP contribution in [-0.2, 0) is 22.7 Å². The number of rotatable bonds is 11. The number of anilines is 1. The number of methoxy groups -OCH3 is 3. The highest BCUT2D eigenvalue weighted by molar-refractivity contribution is 6.39. The Kier molecular flexibility index (Phi) is 10.4. The lowest BCUT2D eigenvalue weighted by atomic mass is 10.0. The fourth-order valence-electron chi connectivity index (χ4n) is 3.96. The van der Waals surface area contributed by atoms with Crippen LogP contribution < -0.4 is 14.8 Å². The fraction of sp³-hybridized carbons (Fsp3) is 0.207. The molecule has 0 bridgehead atoms. The van der Waals surface area contributed by atoms with Gasteiger partial charge in [0.2, 0.25) is 5.88 Å². The summed E-state index contributed by atoms with van der Waals surface area (Å²) in [4.78, 5) is 21.3. The van der Waals surface area contributed by atoms with E-state index in [1.165, 1.54) is 33.6 Å². The van der Waals surface area contributed by atoms with E-state index in [9.17, 15) is 9.90 Å². The van der Waals surface area contributed by atoms with E-state index in [0.717, 1.165) is 0 Å². The maximum atomic E-state index is 12.7. The van der Waals surface area contributed by atoms with Crippen LogP contribution in [0, 0.1) is 0 Å². The number of hydrogen-bond acceptors (Lipinski definition) is 8. The predicted octanol–water partition coefficient (Wildman–Crippen LogP) is 6.73. The highest BCUT2D eigenvalue weighted by Crippen LogP contribution is 2.41. The number of aliphatic hydroxyl groups excluding tert-OH is 1. The van der Waals surface area contributed by atoms with Gasteiger partial charge in [-0.1, -0.05) is 65.1 Å². The molecule has 0 aliphatic heterocycles. The van der Waals surface area contributed by atoms with E-state index in [1.807, 2.05) is 0 Å². The molecule has 0 radical (unpaired) electrons. The molecule has 0 fully saturated rings. The van der Waals surface area contributed by atoms with E-state index in [0.29, 0.717) is 49.4 Å². The van der Waals surface area contributed by atoms with Gasteiger partial charge in [0.1, 0.15) is 23.7 Å². The van der Waals surface area contributed by atoms with Crippen molar-refractivity contribution in [3.63, 3.8) is 0 Å². The van der Waals surface area contributed by atoms with Gasteiger partial charge in [-0.05, 0) is 29.8 Å². The second-order valence-corrected chi connectivity index (χ2v) is 9.72. The van der Waals surface area contributed by atoms with Crippen LogP contribution in [0.15, 0.2) is 60.8 Å². The van der Waals surface area contributed by atoms with E-state index in [2.05, 4.69) is 15.3 Å². The molecule has 41 heavy (non-hydrogen) atoms. The summed E-state index contributed by atoms with van der Waals surface area (Å²) in [5, 5.41) is 12.9. The Bertz CT molecular complexity index is 1530. The molecule has 9 nitrogen and oxygen atoms in total. The zero-order valence-corrected chi connectivity index (χ0v) is 24.5. The van der Waals surface area contributed by atoms with Gasteiger partial charge in [-0.2, -0.15) is 0 Å². The number of nitrogens with zero attached hydrogens (tertiary/aromatic N) is 2. The number of carbonyl (C=O) groups excluding carboxylic acids is 1. The van der Waals surface area contributed by atoms with Gasteiger partial charge in [0.25, 0.3) is 5.91 Å². The third kappa shape index (κ3) is 6.90. The molecular formula is C29H26Cl3N3O6. The molecule has 4 aromatic rings. The molecule has 214 valence electrons. The molecular weight excluding hydrogens is 593 g/mol. The number of hydrogen-bond donors (Lipinski definition) is 2. The molecule has 1 amide bonds. The fourth-order valence-corrected chi connectivity index (χ4v) is 4.73. The van der Waals surface area contributed by atoms with Crippen molar-refractivity contribution in [2.45, 2.75) is 19.5 Å². The molecule has 0 aliphatic carbocycles. The number of aliphatic hydroxyl groups is 1. The van der Waals surface area contributed by atoms with E-state index in [-0.39, 0.29) is 29.8 Å². The minimum atomic E-state index is -0.704. The zero-order chi connectivity index (χ0) is 29.5.